The average Bonchev–Trinajstić information content (AvgIpc) is 3.29. The summed E-state index contributed by atoms with van der Waals surface area (Å²) in [6.45, 7) is 3.90. The Bertz CT molecular complexity index is 1460. The van der Waals surface area contributed by atoms with E-state index in [4.69, 9.17) is 14.2 Å². The molecule has 1 heterocycles. The van der Waals surface area contributed by atoms with Crippen LogP contribution in [0.3, 0.4) is 0 Å². The Morgan fingerprint density at radius 2 is 1.47 bits per heavy atom. The Labute approximate surface area is 203 Å². The molecule has 0 bridgehead atoms. The van der Waals surface area contributed by atoms with Crippen molar-refractivity contribution in [3.8, 4) is 16.9 Å². The number of thiophene rings is 1. The first-order valence-corrected chi connectivity index (χ1v) is 11.9. The van der Waals surface area contributed by atoms with Gasteiger partial charge in [0, 0.05) is 45.5 Å². The first-order chi connectivity index (χ1) is 16.6. The highest BCUT2D eigenvalue weighted by Crippen LogP contribution is 2.47. The fraction of sp³-hybridized carbons (Fsp3) is 0.133. The van der Waals surface area contributed by atoms with Crippen LogP contribution in [-0.2, 0) is 15.3 Å². The van der Waals surface area contributed by atoms with Crippen LogP contribution in [0.5, 0.6) is 5.75 Å². The van der Waals surface area contributed by atoms with E-state index in [2.05, 4.69) is 67.2 Å². The van der Waals surface area contributed by atoms with Crippen LogP contribution in [-0.4, -0.2) is 21.3 Å². The van der Waals surface area contributed by atoms with Gasteiger partial charge in [-0.25, -0.2) is 0 Å². The molecule has 5 aromatic rings. The molecule has 5 rings (SSSR count). The van der Waals surface area contributed by atoms with Gasteiger partial charge in [0.1, 0.15) is 5.75 Å². The lowest BCUT2D eigenvalue weighted by Gasteiger charge is -2.34. The molecular weight excluding hydrogens is 440 g/mol. The number of rotatable bonds is 7. The molecule has 3 nitrogen and oxygen atoms in total. The summed E-state index contributed by atoms with van der Waals surface area (Å²) < 4.78 is 20.3. The van der Waals surface area contributed by atoms with E-state index in [1.54, 1.807) is 32.7 Å². The SMILES string of the molecule is C=Cc1ccc(-c2c(C(OC)(OC)c3ccc(OC)cc3)ccc3sc4ccccc4c23)cc1. The first-order valence-electron chi connectivity index (χ1n) is 11.1. The maximum atomic E-state index is 6.20. The number of hydrogen-bond acceptors (Lipinski definition) is 4. The van der Waals surface area contributed by atoms with Gasteiger partial charge in [-0.1, -0.05) is 61.2 Å². The molecular formula is C30H26O3S. The summed E-state index contributed by atoms with van der Waals surface area (Å²) in [6, 6.07) is 29.2. The molecule has 170 valence electrons. The Hall–Kier alpha value is -3.44. The maximum Gasteiger partial charge on any atom is 0.222 e. The van der Waals surface area contributed by atoms with Gasteiger partial charge in [0.2, 0.25) is 5.79 Å². The van der Waals surface area contributed by atoms with Crippen molar-refractivity contribution in [2.75, 3.05) is 21.3 Å². The van der Waals surface area contributed by atoms with Gasteiger partial charge in [-0.05, 0) is 53.1 Å². The molecule has 34 heavy (non-hydrogen) atoms. The normalized spacial score (nSPS) is 11.7. The number of fused-ring (bicyclic) bond motifs is 3. The molecule has 0 spiro atoms. The Balaban J connectivity index is 1.88. The lowest BCUT2D eigenvalue weighted by Crippen LogP contribution is -2.33. The third kappa shape index (κ3) is 3.51. The molecule has 0 fully saturated rings. The Morgan fingerprint density at radius 1 is 0.765 bits per heavy atom. The third-order valence-electron chi connectivity index (χ3n) is 6.38. The number of hydrogen-bond donors (Lipinski definition) is 0. The van der Waals surface area contributed by atoms with Crippen LogP contribution in [0.25, 0.3) is 37.4 Å². The fourth-order valence-corrected chi connectivity index (χ4v) is 5.80. The second kappa shape index (κ2) is 9.07. The summed E-state index contributed by atoms with van der Waals surface area (Å²) >= 11 is 1.80. The molecule has 1 aromatic heterocycles. The van der Waals surface area contributed by atoms with Gasteiger partial charge in [0.15, 0.2) is 0 Å². The average molecular weight is 467 g/mol. The van der Waals surface area contributed by atoms with Gasteiger partial charge in [-0.3, -0.25) is 0 Å². The summed E-state index contributed by atoms with van der Waals surface area (Å²) in [5, 5.41) is 2.43. The molecule has 0 aliphatic heterocycles. The minimum Gasteiger partial charge on any atom is -0.497 e. The molecule has 0 amide bonds. The first kappa shape index (κ1) is 22.4. The second-order valence-corrected chi connectivity index (χ2v) is 9.12. The van der Waals surface area contributed by atoms with E-state index in [0.29, 0.717) is 0 Å². The van der Waals surface area contributed by atoms with Crippen LogP contribution < -0.4 is 4.74 Å². The summed E-state index contributed by atoms with van der Waals surface area (Å²) in [6.07, 6.45) is 1.86. The minimum atomic E-state index is -1.10. The summed E-state index contributed by atoms with van der Waals surface area (Å²) in [5.41, 5.74) is 5.12. The van der Waals surface area contributed by atoms with Crippen LogP contribution in [0, 0.1) is 0 Å². The molecule has 0 unspecified atom stereocenters. The van der Waals surface area contributed by atoms with Crippen molar-refractivity contribution in [2.45, 2.75) is 5.79 Å². The highest BCUT2D eigenvalue weighted by atomic mass is 32.1. The van der Waals surface area contributed by atoms with Crippen molar-refractivity contribution in [1.29, 1.82) is 0 Å². The molecule has 4 aromatic carbocycles. The Kier molecular flexibility index (Phi) is 5.96. The summed E-state index contributed by atoms with van der Waals surface area (Å²) in [4.78, 5) is 0. The van der Waals surface area contributed by atoms with Crippen molar-refractivity contribution in [2.24, 2.45) is 0 Å². The zero-order valence-corrected chi connectivity index (χ0v) is 20.3. The predicted octanol–water partition coefficient (Wildman–Crippen LogP) is 7.87. The van der Waals surface area contributed by atoms with Gasteiger partial charge in [-0.2, -0.15) is 0 Å². The van der Waals surface area contributed by atoms with Crippen molar-refractivity contribution in [3.63, 3.8) is 0 Å². The summed E-state index contributed by atoms with van der Waals surface area (Å²) in [7, 11) is 5.04. The number of methoxy groups -OCH3 is 3. The monoisotopic (exact) mass is 466 g/mol. The molecule has 0 aliphatic rings. The maximum absolute atomic E-state index is 6.20. The number of ether oxygens (including phenoxy) is 3. The van der Waals surface area contributed by atoms with Gasteiger partial charge in [0.05, 0.1) is 7.11 Å². The third-order valence-corrected chi connectivity index (χ3v) is 7.51. The molecule has 0 N–H and O–H groups in total. The zero-order chi connectivity index (χ0) is 23.7. The van der Waals surface area contributed by atoms with E-state index in [-0.39, 0.29) is 0 Å². The van der Waals surface area contributed by atoms with Crippen molar-refractivity contribution < 1.29 is 14.2 Å². The van der Waals surface area contributed by atoms with E-state index < -0.39 is 5.79 Å². The van der Waals surface area contributed by atoms with Gasteiger partial charge < -0.3 is 14.2 Å². The lowest BCUT2D eigenvalue weighted by atomic mass is 9.86. The second-order valence-electron chi connectivity index (χ2n) is 8.04. The topological polar surface area (TPSA) is 27.7 Å². The molecule has 0 aliphatic carbocycles. The molecule has 0 atom stereocenters. The van der Waals surface area contributed by atoms with Crippen molar-refractivity contribution in [1.82, 2.24) is 0 Å². The fourth-order valence-electron chi connectivity index (χ4n) is 4.68. The Morgan fingerprint density at radius 3 is 2.12 bits per heavy atom. The van der Waals surface area contributed by atoms with Crippen molar-refractivity contribution in [3.05, 3.63) is 108 Å². The van der Waals surface area contributed by atoms with Gasteiger partial charge in [0.25, 0.3) is 0 Å². The van der Waals surface area contributed by atoms with Crippen LogP contribution in [0.2, 0.25) is 0 Å². The van der Waals surface area contributed by atoms with E-state index >= 15 is 0 Å². The highest BCUT2D eigenvalue weighted by molar-refractivity contribution is 7.25. The van der Waals surface area contributed by atoms with Gasteiger partial charge >= 0.3 is 0 Å². The van der Waals surface area contributed by atoms with E-state index in [9.17, 15) is 0 Å². The van der Waals surface area contributed by atoms with E-state index in [1.807, 2.05) is 30.3 Å². The molecule has 0 saturated heterocycles. The number of benzene rings is 4. The van der Waals surface area contributed by atoms with Crippen molar-refractivity contribution >= 4 is 37.6 Å². The molecule has 0 radical (unpaired) electrons. The zero-order valence-electron chi connectivity index (χ0n) is 19.5. The van der Waals surface area contributed by atoms with Crippen LogP contribution >= 0.6 is 11.3 Å². The summed E-state index contributed by atoms with van der Waals surface area (Å²) in [5.74, 6) is -0.319. The van der Waals surface area contributed by atoms with E-state index in [1.165, 1.54) is 20.2 Å². The largest absolute Gasteiger partial charge is 0.497 e. The quantitative estimate of drug-likeness (QED) is 0.228. The van der Waals surface area contributed by atoms with E-state index in [0.717, 1.165) is 33.6 Å². The minimum absolute atomic E-state index is 0.782. The smallest absolute Gasteiger partial charge is 0.222 e. The predicted molar refractivity (Wildman–Crippen MR) is 143 cm³/mol. The van der Waals surface area contributed by atoms with Crippen LogP contribution in [0.1, 0.15) is 16.7 Å². The van der Waals surface area contributed by atoms with Crippen LogP contribution in [0.4, 0.5) is 0 Å². The highest BCUT2D eigenvalue weighted by Gasteiger charge is 2.38. The molecule has 0 saturated carbocycles. The lowest BCUT2D eigenvalue weighted by molar-refractivity contribution is -0.183. The van der Waals surface area contributed by atoms with Crippen LogP contribution in [0.15, 0.2) is 91.5 Å². The standard InChI is InChI=1S/C30H26O3S/c1-5-20-10-12-21(13-11-20)28-25(18-19-27-29(28)24-8-6-7-9-26(24)34-27)30(32-3,33-4)22-14-16-23(31-2)17-15-22/h5-19H,1H2,2-4H3. The molecule has 4 heteroatoms. The van der Waals surface area contributed by atoms with Gasteiger partial charge in [-0.15, -0.1) is 11.3 Å².